The molecule has 2 fully saturated rings. The Hall–Kier alpha value is -0.120. The quantitative estimate of drug-likeness (QED) is 0.728. The normalized spacial score (nSPS) is 28.1. The second kappa shape index (κ2) is 8.35. The van der Waals surface area contributed by atoms with E-state index in [4.69, 9.17) is 5.73 Å². The monoisotopic (exact) mass is 281 g/mol. The van der Waals surface area contributed by atoms with Crippen molar-refractivity contribution in [3.63, 3.8) is 0 Å². The SMILES string of the molecule is CCCCCCC(C)N1CCC(N2CCC(N)CC2)C1. The first-order chi connectivity index (χ1) is 9.70. The Labute approximate surface area is 125 Å². The Morgan fingerprint density at radius 3 is 2.50 bits per heavy atom. The summed E-state index contributed by atoms with van der Waals surface area (Å²) in [4.78, 5) is 5.43. The Kier molecular flexibility index (Phi) is 6.79. The molecule has 0 amide bonds. The fourth-order valence-electron chi connectivity index (χ4n) is 3.80. The Morgan fingerprint density at radius 2 is 1.80 bits per heavy atom. The van der Waals surface area contributed by atoms with E-state index < -0.39 is 0 Å². The van der Waals surface area contributed by atoms with Gasteiger partial charge in [-0.05, 0) is 45.7 Å². The van der Waals surface area contributed by atoms with E-state index >= 15 is 0 Å². The van der Waals surface area contributed by atoms with Gasteiger partial charge in [0.05, 0.1) is 0 Å². The maximum absolute atomic E-state index is 6.01. The largest absolute Gasteiger partial charge is 0.328 e. The van der Waals surface area contributed by atoms with Crippen molar-refractivity contribution < 1.29 is 0 Å². The van der Waals surface area contributed by atoms with Crippen LogP contribution in [-0.4, -0.2) is 54.1 Å². The lowest BCUT2D eigenvalue weighted by Crippen LogP contribution is -2.46. The van der Waals surface area contributed by atoms with Gasteiger partial charge >= 0.3 is 0 Å². The van der Waals surface area contributed by atoms with Gasteiger partial charge in [-0.3, -0.25) is 9.80 Å². The lowest BCUT2D eigenvalue weighted by atomic mass is 10.0. The molecule has 2 N–H and O–H groups in total. The molecule has 2 rings (SSSR count). The fraction of sp³-hybridized carbons (Fsp3) is 1.00. The second-order valence-corrected chi connectivity index (χ2v) is 7.01. The van der Waals surface area contributed by atoms with E-state index in [1.807, 2.05) is 0 Å². The average Bonchev–Trinajstić information content (AvgIpc) is 2.94. The van der Waals surface area contributed by atoms with E-state index in [-0.39, 0.29) is 0 Å². The van der Waals surface area contributed by atoms with Crippen LogP contribution < -0.4 is 5.73 Å². The molecule has 0 saturated carbocycles. The lowest BCUT2D eigenvalue weighted by molar-refractivity contribution is 0.144. The third-order valence-corrected chi connectivity index (χ3v) is 5.38. The van der Waals surface area contributed by atoms with Crippen LogP contribution in [0.4, 0.5) is 0 Å². The summed E-state index contributed by atoms with van der Waals surface area (Å²) in [6.07, 6.45) is 10.7. The molecule has 2 heterocycles. The van der Waals surface area contributed by atoms with Gasteiger partial charge in [-0.1, -0.05) is 32.6 Å². The number of hydrogen-bond donors (Lipinski definition) is 1. The molecule has 0 aliphatic carbocycles. The minimum absolute atomic E-state index is 0.459. The molecule has 2 aliphatic rings. The minimum atomic E-state index is 0.459. The summed E-state index contributed by atoms with van der Waals surface area (Å²) in [5.74, 6) is 0. The average molecular weight is 281 g/mol. The summed E-state index contributed by atoms with van der Waals surface area (Å²) in [6, 6.07) is 2.05. The highest BCUT2D eigenvalue weighted by Crippen LogP contribution is 2.23. The van der Waals surface area contributed by atoms with Crippen molar-refractivity contribution in [1.82, 2.24) is 9.80 Å². The van der Waals surface area contributed by atoms with Gasteiger partial charge in [0, 0.05) is 31.2 Å². The van der Waals surface area contributed by atoms with Crippen molar-refractivity contribution in [3.05, 3.63) is 0 Å². The minimum Gasteiger partial charge on any atom is -0.328 e. The molecular weight excluding hydrogens is 246 g/mol. The number of nitrogens with two attached hydrogens (primary N) is 1. The van der Waals surface area contributed by atoms with E-state index in [1.165, 1.54) is 77.5 Å². The molecule has 3 heteroatoms. The third-order valence-electron chi connectivity index (χ3n) is 5.38. The fourth-order valence-corrected chi connectivity index (χ4v) is 3.80. The molecule has 3 nitrogen and oxygen atoms in total. The molecule has 0 aromatic carbocycles. The van der Waals surface area contributed by atoms with Gasteiger partial charge in [-0.15, -0.1) is 0 Å². The molecule has 0 aromatic heterocycles. The summed E-state index contributed by atoms with van der Waals surface area (Å²) < 4.78 is 0. The highest BCUT2D eigenvalue weighted by Gasteiger charge is 2.31. The first kappa shape index (κ1) is 16.3. The van der Waals surface area contributed by atoms with Crippen LogP contribution in [-0.2, 0) is 0 Å². The topological polar surface area (TPSA) is 32.5 Å². The number of unbranched alkanes of at least 4 members (excludes halogenated alkanes) is 3. The zero-order valence-electron chi connectivity index (χ0n) is 13.7. The number of piperidine rings is 1. The van der Waals surface area contributed by atoms with Gasteiger partial charge < -0.3 is 5.73 Å². The highest BCUT2D eigenvalue weighted by molar-refractivity contribution is 4.88. The van der Waals surface area contributed by atoms with Crippen LogP contribution >= 0.6 is 0 Å². The lowest BCUT2D eigenvalue weighted by Gasteiger charge is -2.35. The molecule has 2 atom stereocenters. The van der Waals surface area contributed by atoms with E-state index in [9.17, 15) is 0 Å². The maximum Gasteiger partial charge on any atom is 0.0235 e. The molecule has 20 heavy (non-hydrogen) atoms. The van der Waals surface area contributed by atoms with Crippen LogP contribution in [0.1, 0.15) is 65.2 Å². The Morgan fingerprint density at radius 1 is 1.05 bits per heavy atom. The van der Waals surface area contributed by atoms with Crippen molar-refractivity contribution in [2.75, 3.05) is 26.2 Å². The standard InChI is InChI=1S/C17H35N3/c1-3-4-5-6-7-15(2)20-13-10-17(14-20)19-11-8-16(18)9-12-19/h15-17H,3-14,18H2,1-2H3. The molecule has 0 aromatic rings. The summed E-state index contributed by atoms with van der Waals surface area (Å²) in [7, 11) is 0. The van der Waals surface area contributed by atoms with Gasteiger partial charge in [0.25, 0.3) is 0 Å². The summed E-state index contributed by atoms with van der Waals surface area (Å²) in [6.45, 7) is 9.78. The molecule has 0 bridgehead atoms. The van der Waals surface area contributed by atoms with Gasteiger partial charge in [0.2, 0.25) is 0 Å². The smallest absolute Gasteiger partial charge is 0.0235 e. The van der Waals surface area contributed by atoms with E-state index in [0.29, 0.717) is 6.04 Å². The van der Waals surface area contributed by atoms with Gasteiger partial charge in [0.1, 0.15) is 0 Å². The van der Waals surface area contributed by atoms with Crippen molar-refractivity contribution in [3.8, 4) is 0 Å². The van der Waals surface area contributed by atoms with Crippen LogP contribution in [0.2, 0.25) is 0 Å². The van der Waals surface area contributed by atoms with Crippen LogP contribution in [0.5, 0.6) is 0 Å². The van der Waals surface area contributed by atoms with Crippen LogP contribution in [0.15, 0.2) is 0 Å². The van der Waals surface area contributed by atoms with E-state index in [1.54, 1.807) is 0 Å². The molecule has 118 valence electrons. The number of hydrogen-bond acceptors (Lipinski definition) is 3. The highest BCUT2D eigenvalue weighted by atomic mass is 15.3. The van der Waals surface area contributed by atoms with Crippen molar-refractivity contribution in [2.45, 2.75) is 83.3 Å². The van der Waals surface area contributed by atoms with Crippen LogP contribution in [0.25, 0.3) is 0 Å². The molecular formula is C17H35N3. The van der Waals surface area contributed by atoms with Gasteiger partial charge in [-0.25, -0.2) is 0 Å². The molecule has 2 unspecified atom stereocenters. The zero-order chi connectivity index (χ0) is 14.4. The Bertz CT molecular complexity index is 261. The zero-order valence-corrected chi connectivity index (χ0v) is 13.7. The number of rotatable bonds is 7. The van der Waals surface area contributed by atoms with Crippen molar-refractivity contribution in [1.29, 1.82) is 0 Å². The number of likely N-dealkylation sites (tertiary alicyclic amines) is 2. The molecule has 0 spiro atoms. The third kappa shape index (κ3) is 4.71. The first-order valence-corrected chi connectivity index (χ1v) is 8.94. The van der Waals surface area contributed by atoms with E-state index in [2.05, 4.69) is 23.6 Å². The molecule has 0 radical (unpaired) electrons. The molecule has 2 saturated heterocycles. The Balaban J connectivity index is 1.66. The summed E-state index contributed by atoms with van der Waals surface area (Å²) in [5, 5.41) is 0. The summed E-state index contributed by atoms with van der Waals surface area (Å²) >= 11 is 0. The second-order valence-electron chi connectivity index (χ2n) is 7.01. The predicted molar refractivity (Wildman–Crippen MR) is 87.0 cm³/mol. The maximum atomic E-state index is 6.01. The predicted octanol–water partition coefficient (Wildman–Crippen LogP) is 2.84. The van der Waals surface area contributed by atoms with Crippen LogP contribution in [0.3, 0.4) is 0 Å². The molecule has 2 aliphatic heterocycles. The van der Waals surface area contributed by atoms with Gasteiger partial charge in [0.15, 0.2) is 0 Å². The van der Waals surface area contributed by atoms with Crippen molar-refractivity contribution >= 4 is 0 Å². The van der Waals surface area contributed by atoms with Crippen LogP contribution in [0, 0.1) is 0 Å². The van der Waals surface area contributed by atoms with E-state index in [0.717, 1.165) is 12.1 Å². The summed E-state index contributed by atoms with van der Waals surface area (Å²) in [5.41, 5.74) is 6.01. The van der Waals surface area contributed by atoms with Crippen molar-refractivity contribution in [2.24, 2.45) is 5.73 Å². The van der Waals surface area contributed by atoms with Gasteiger partial charge in [-0.2, -0.15) is 0 Å². The first-order valence-electron chi connectivity index (χ1n) is 8.94. The number of nitrogens with zero attached hydrogens (tertiary/aromatic N) is 2.